The Hall–Kier alpha value is -2.22. The van der Waals surface area contributed by atoms with Gasteiger partial charge in [-0.3, -0.25) is 0 Å². The van der Waals surface area contributed by atoms with E-state index in [1.807, 2.05) is 18.2 Å². The third-order valence-electron chi connectivity index (χ3n) is 8.39. The van der Waals surface area contributed by atoms with Crippen LogP contribution >= 0.6 is 10.3 Å². The molecule has 0 heterocycles. The van der Waals surface area contributed by atoms with Gasteiger partial charge in [0, 0.05) is 14.7 Å². The second kappa shape index (κ2) is 8.67. The number of hydrogen-bond donors (Lipinski definition) is 0. The van der Waals surface area contributed by atoms with Crippen molar-refractivity contribution >= 4 is 20.4 Å². The van der Waals surface area contributed by atoms with E-state index in [4.69, 9.17) is 3.63 Å². The molecule has 0 saturated heterocycles. The van der Waals surface area contributed by atoms with Crippen LogP contribution in [0.2, 0.25) is 0 Å². The summed E-state index contributed by atoms with van der Waals surface area (Å²) in [6, 6.07) is 26.8. The fraction of sp³-hybridized carbons (Fsp3) is 0.379. The number of halogens is 2. The molecule has 4 aliphatic carbocycles. The van der Waals surface area contributed by atoms with Crippen molar-refractivity contribution in [3.63, 3.8) is 0 Å². The first-order valence-electron chi connectivity index (χ1n) is 12.6. The zero-order chi connectivity index (χ0) is 25.0. The van der Waals surface area contributed by atoms with Gasteiger partial charge in [0.05, 0.1) is 5.41 Å². The summed E-state index contributed by atoms with van der Waals surface area (Å²) in [6.45, 7) is 0. The summed E-state index contributed by atoms with van der Waals surface area (Å²) in [5, 5.41) is -3.98. The lowest BCUT2D eigenvalue weighted by atomic mass is 9.49. The van der Waals surface area contributed by atoms with E-state index in [-0.39, 0.29) is 37.0 Å². The van der Waals surface area contributed by atoms with Crippen LogP contribution in [0.4, 0.5) is 8.78 Å². The Bertz CT molecular complexity index is 1200. The minimum Gasteiger partial charge on any atom is -0.202 e. The lowest BCUT2D eigenvalue weighted by Crippen LogP contribution is -2.57. The Balaban J connectivity index is 1.52. The van der Waals surface area contributed by atoms with Crippen molar-refractivity contribution in [1.82, 2.24) is 0 Å². The summed E-state index contributed by atoms with van der Waals surface area (Å²) in [7, 11) is -8.33. The average Bonchev–Trinajstić information content (AvgIpc) is 2.88. The van der Waals surface area contributed by atoms with Crippen LogP contribution in [-0.2, 0) is 13.7 Å². The van der Waals surface area contributed by atoms with Crippen molar-refractivity contribution in [2.45, 2.75) is 58.5 Å². The highest BCUT2D eigenvalue weighted by Gasteiger charge is 2.69. The number of hydrogen-bond acceptors (Lipinski definition) is 3. The van der Waals surface area contributed by atoms with Gasteiger partial charge < -0.3 is 0 Å². The van der Waals surface area contributed by atoms with Crippen molar-refractivity contribution in [2.75, 3.05) is 0 Å². The Labute approximate surface area is 213 Å². The molecule has 190 valence electrons. The molecule has 4 fully saturated rings. The number of rotatable bonds is 7. The molecule has 3 aromatic carbocycles. The van der Waals surface area contributed by atoms with Crippen molar-refractivity contribution in [2.24, 2.45) is 23.2 Å². The highest BCUT2D eigenvalue weighted by atomic mass is 32.3. The van der Waals surface area contributed by atoms with Crippen molar-refractivity contribution in [1.29, 1.82) is 0 Å². The summed E-state index contributed by atoms with van der Waals surface area (Å²) in [4.78, 5) is 1.69. The normalized spacial score (nSPS) is 28.2. The van der Waals surface area contributed by atoms with Crippen molar-refractivity contribution in [3.05, 3.63) is 91.0 Å². The molecule has 0 amide bonds. The topological polar surface area (TPSA) is 43.4 Å². The highest BCUT2D eigenvalue weighted by molar-refractivity contribution is 8.33. The summed E-state index contributed by atoms with van der Waals surface area (Å²) < 4.78 is 67.0. The molecule has 0 aliphatic heterocycles. The van der Waals surface area contributed by atoms with E-state index < -0.39 is 31.1 Å². The third kappa shape index (κ3) is 3.65. The van der Waals surface area contributed by atoms with Crippen LogP contribution in [0.3, 0.4) is 0 Å². The van der Waals surface area contributed by atoms with Crippen molar-refractivity contribution < 1.29 is 20.8 Å². The Morgan fingerprint density at radius 2 is 0.972 bits per heavy atom. The monoisotopic (exact) mass is 528 g/mol. The van der Waals surface area contributed by atoms with Crippen molar-refractivity contribution in [3.8, 4) is 0 Å². The minimum atomic E-state index is -5.32. The maximum absolute atomic E-state index is 16.5. The second-order valence-corrected chi connectivity index (χ2v) is 15.2. The molecule has 36 heavy (non-hydrogen) atoms. The molecule has 0 radical (unpaired) electrons. The molecular formula is C29H30F2O3S2. The van der Waals surface area contributed by atoms with Crippen LogP contribution in [0.1, 0.15) is 38.5 Å². The van der Waals surface area contributed by atoms with E-state index in [9.17, 15) is 8.42 Å². The second-order valence-electron chi connectivity index (χ2n) is 10.7. The van der Waals surface area contributed by atoms with Gasteiger partial charge in [-0.1, -0.05) is 54.6 Å². The Morgan fingerprint density at radius 1 is 0.639 bits per heavy atom. The van der Waals surface area contributed by atoms with Crippen LogP contribution in [0, 0.1) is 23.2 Å². The van der Waals surface area contributed by atoms with Crippen LogP contribution in [0.5, 0.6) is 0 Å². The predicted molar refractivity (Wildman–Crippen MR) is 137 cm³/mol. The molecule has 0 spiro atoms. The average molecular weight is 529 g/mol. The van der Waals surface area contributed by atoms with Crippen LogP contribution in [0.15, 0.2) is 106 Å². The van der Waals surface area contributed by atoms with Crippen LogP contribution < -0.4 is 0 Å². The van der Waals surface area contributed by atoms with E-state index in [0.29, 0.717) is 14.7 Å². The zero-order valence-electron chi connectivity index (χ0n) is 19.9. The lowest BCUT2D eigenvalue weighted by Gasteiger charge is -2.58. The minimum absolute atomic E-state index is 0.187. The highest BCUT2D eigenvalue weighted by Crippen LogP contribution is 2.73. The quantitative estimate of drug-likeness (QED) is 0.312. The molecule has 3 nitrogen and oxygen atoms in total. The predicted octanol–water partition coefficient (Wildman–Crippen LogP) is 8.04. The van der Waals surface area contributed by atoms with Crippen LogP contribution in [-0.4, -0.2) is 13.7 Å². The molecule has 0 aromatic heterocycles. The summed E-state index contributed by atoms with van der Waals surface area (Å²) in [5.74, 6) is 0.561. The molecular weight excluding hydrogens is 498 g/mol. The largest absolute Gasteiger partial charge is 0.376 e. The van der Waals surface area contributed by atoms with E-state index in [1.165, 1.54) is 0 Å². The summed E-state index contributed by atoms with van der Waals surface area (Å²) in [6.07, 6.45) is 3.63. The maximum atomic E-state index is 16.5. The van der Waals surface area contributed by atoms with Gasteiger partial charge in [-0.2, -0.15) is 17.2 Å². The lowest BCUT2D eigenvalue weighted by molar-refractivity contribution is -0.160. The molecule has 4 bridgehead atoms. The molecule has 7 heteroatoms. The third-order valence-corrected chi connectivity index (χ3v) is 13.8. The van der Waals surface area contributed by atoms with E-state index in [1.54, 1.807) is 72.8 Å². The molecule has 0 unspecified atom stereocenters. The van der Waals surface area contributed by atoms with Gasteiger partial charge in [0.1, 0.15) is 0 Å². The van der Waals surface area contributed by atoms with Gasteiger partial charge in [-0.15, -0.1) is 0 Å². The number of alkyl halides is 2. The molecule has 7 rings (SSSR count). The van der Waals surface area contributed by atoms with Gasteiger partial charge in [0.2, 0.25) is 0 Å². The van der Waals surface area contributed by atoms with Gasteiger partial charge >= 0.3 is 15.4 Å². The molecule has 4 saturated carbocycles. The first-order valence-corrected chi connectivity index (χ1v) is 15.5. The fourth-order valence-corrected chi connectivity index (χ4v) is 12.8. The maximum Gasteiger partial charge on any atom is 0.376 e. The van der Waals surface area contributed by atoms with E-state index in [2.05, 4.69) is 0 Å². The molecule has 3 aromatic rings. The zero-order valence-corrected chi connectivity index (χ0v) is 21.6. The van der Waals surface area contributed by atoms with Gasteiger partial charge in [0.25, 0.3) is 0 Å². The van der Waals surface area contributed by atoms with E-state index in [0.717, 1.165) is 19.3 Å². The first kappa shape index (κ1) is 24.1. The number of benzene rings is 3. The first-order chi connectivity index (χ1) is 17.3. The molecule has 0 atom stereocenters. The van der Waals surface area contributed by atoms with Gasteiger partial charge in [-0.25, -0.2) is 3.63 Å². The van der Waals surface area contributed by atoms with E-state index >= 15 is 8.78 Å². The fourth-order valence-electron chi connectivity index (χ4n) is 7.27. The molecule has 0 N–H and O–H groups in total. The van der Waals surface area contributed by atoms with Gasteiger partial charge in [-0.05, 0) is 103 Å². The van der Waals surface area contributed by atoms with Crippen LogP contribution in [0.25, 0.3) is 0 Å². The molecule has 4 aliphatic rings. The summed E-state index contributed by atoms with van der Waals surface area (Å²) in [5.41, 5.74) is -1.55. The Kier molecular flexibility index (Phi) is 5.82. The smallest absolute Gasteiger partial charge is 0.202 e. The SMILES string of the molecule is O=S(=O)(OS(c1ccccc1)(c1ccccc1)c1ccccc1)C(F)(F)C12CC3CC(CC(C3)C1)C2. The van der Waals surface area contributed by atoms with Gasteiger partial charge in [0.15, 0.2) is 0 Å². The Morgan fingerprint density at radius 3 is 1.31 bits per heavy atom. The summed E-state index contributed by atoms with van der Waals surface area (Å²) >= 11 is 0. The standard InChI is InChI=1S/C29H30F2O3S2/c30-29(31,28-19-22-16-23(20-28)18-24(17-22)21-28)36(32,33)34-35(25-10-4-1-5-11-25,26-12-6-2-7-13-26)27-14-8-3-9-15-27/h1-15,22-24H,16-21H2.